The van der Waals surface area contributed by atoms with Gasteiger partial charge in [0.05, 0.1) is 37.8 Å². The van der Waals surface area contributed by atoms with Crippen molar-refractivity contribution in [2.45, 2.75) is 53.4 Å². The average Bonchev–Trinajstić information content (AvgIpc) is 2.67. The van der Waals surface area contributed by atoms with E-state index in [1.165, 1.54) is 21.1 Å². The largest absolute Gasteiger partial charge is 0.748 e. The summed E-state index contributed by atoms with van der Waals surface area (Å²) in [6.45, 7) is -1.38. The Bertz CT molecular complexity index is 1110. The van der Waals surface area contributed by atoms with Crippen LogP contribution in [0.4, 0.5) is 74.6 Å². The van der Waals surface area contributed by atoms with Gasteiger partial charge in [0.25, 0.3) is 10.0 Å². The van der Waals surface area contributed by atoms with Gasteiger partial charge in [-0.15, -0.1) is 0 Å². The van der Waals surface area contributed by atoms with E-state index >= 15 is 0 Å². The molecule has 0 heterocycles. The number of hydrogen-bond donors (Lipinski definition) is 1. The van der Waals surface area contributed by atoms with E-state index in [1.54, 1.807) is 0 Å². The number of nitrogens with one attached hydrogen (secondary N) is 1. The van der Waals surface area contributed by atoms with Crippen molar-refractivity contribution in [1.82, 2.24) is 4.72 Å². The van der Waals surface area contributed by atoms with Crippen LogP contribution in [0.3, 0.4) is 0 Å². The van der Waals surface area contributed by atoms with E-state index in [4.69, 9.17) is 13.0 Å². The Labute approximate surface area is 220 Å². The lowest BCUT2D eigenvalue weighted by molar-refractivity contribution is -0.870. The van der Waals surface area contributed by atoms with Gasteiger partial charge < -0.3 is 9.04 Å². The third-order valence-corrected chi connectivity index (χ3v) is 5.84. The number of hydrogen-bond acceptors (Lipinski definition) is 5. The first-order valence-corrected chi connectivity index (χ1v) is 12.9. The zero-order chi connectivity index (χ0) is 34.3. The van der Waals surface area contributed by atoms with E-state index in [1.807, 2.05) is 0 Å². The Hall–Kier alpha value is -1.41. The van der Waals surface area contributed by atoms with Crippen LogP contribution in [0, 0.1) is 0 Å². The van der Waals surface area contributed by atoms with Crippen LogP contribution in [0.5, 0.6) is 0 Å². The van der Waals surface area contributed by atoms with Crippen molar-refractivity contribution in [2.75, 3.05) is 40.5 Å². The Morgan fingerprint density at radius 1 is 0.585 bits per heavy atom. The van der Waals surface area contributed by atoms with E-state index in [9.17, 15) is 83.1 Å². The molecule has 0 aromatic rings. The third-order valence-electron chi connectivity index (χ3n) is 4.33. The van der Waals surface area contributed by atoms with Gasteiger partial charge >= 0.3 is 47.0 Å². The zero-order valence-electron chi connectivity index (χ0n) is 20.4. The summed E-state index contributed by atoms with van der Waals surface area (Å²) in [7, 11) is -6.86. The van der Waals surface area contributed by atoms with Crippen molar-refractivity contribution in [2.24, 2.45) is 0 Å². The quantitative estimate of drug-likeness (QED) is 0.143. The fourth-order valence-corrected chi connectivity index (χ4v) is 3.23. The molecule has 1 N–H and O–H groups in total. The standard InChI is InChI=1S/C14H16F17N2O2S.CH4O3S/c1-33(2,3)6-4-5-32-36(34,35)14(30,31)12(25,26)10(21,22)8(17,18)7(15,16)9(19,20)11(23,24)13(27,28)29;1-5(2,3)4/h32H,4-6H2,1-3H3;1H3,(H,2,3,4)/q+1;/p-1. The van der Waals surface area contributed by atoms with Gasteiger partial charge in [-0.2, -0.15) is 74.6 Å². The molecule has 0 amide bonds. The second-order valence-electron chi connectivity index (χ2n) is 8.93. The number of rotatable bonds is 12. The van der Waals surface area contributed by atoms with Crippen LogP contribution in [0.25, 0.3) is 0 Å². The first kappa shape index (κ1) is 41.7. The lowest BCUT2D eigenvalue weighted by atomic mass is 9.91. The van der Waals surface area contributed by atoms with Gasteiger partial charge in [0, 0.05) is 19.2 Å². The predicted molar refractivity (Wildman–Crippen MR) is 101 cm³/mol. The minimum absolute atomic E-state index is 0.0234. The van der Waals surface area contributed by atoms with Crippen LogP contribution in [0.2, 0.25) is 0 Å². The maximum atomic E-state index is 13.8. The molecule has 0 aromatic heterocycles. The molecule has 0 aromatic carbocycles. The highest BCUT2D eigenvalue weighted by Gasteiger charge is 2.96. The number of halogens is 17. The zero-order valence-corrected chi connectivity index (χ0v) is 22.0. The van der Waals surface area contributed by atoms with Crippen molar-refractivity contribution < 1.29 is 101 Å². The first-order valence-electron chi connectivity index (χ1n) is 9.62. The van der Waals surface area contributed by atoms with E-state index in [0.717, 1.165) is 0 Å². The van der Waals surface area contributed by atoms with Gasteiger partial charge in [-0.1, -0.05) is 0 Å². The SMILES string of the molecule is CS(=O)(=O)[O-].C[N+](C)(C)CCCNS(=O)(=O)C(F)(F)C(F)(F)C(F)(F)C(F)(F)C(F)(F)C(F)(F)C(F)(F)C(F)(F)F. The first-order chi connectivity index (χ1) is 17.2. The van der Waals surface area contributed by atoms with Gasteiger partial charge in [0.1, 0.15) is 0 Å². The number of nitrogens with zero attached hydrogens (tertiary/aromatic N) is 1. The molecule has 7 nitrogen and oxygen atoms in total. The van der Waals surface area contributed by atoms with Gasteiger partial charge in [-0.3, -0.25) is 0 Å². The third kappa shape index (κ3) is 8.16. The monoisotopic (exact) mass is 694 g/mol. The minimum atomic E-state index is -8.83. The number of quaternary nitrogens is 1. The van der Waals surface area contributed by atoms with Crippen molar-refractivity contribution >= 4 is 20.1 Å². The van der Waals surface area contributed by atoms with Crippen molar-refractivity contribution in [1.29, 1.82) is 0 Å². The molecule has 0 fully saturated rings. The minimum Gasteiger partial charge on any atom is -0.748 e. The van der Waals surface area contributed by atoms with Crippen LogP contribution < -0.4 is 4.72 Å². The molecule has 0 unspecified atom stereocenters. The molecule has 0 radical (unpaired) electrons. The Morgan fingerprint density at radius 2 is 0.854 bits per heavy atom. The molecule has 26 heteroatoms. The Morgan fingerprint density at radius 3 is 1.12 bits per heavy atom. The lowest BCUT2D eigenvalue weighted by Crippen LogP contribution is -2.75. The van der Waals surface area contributed by atoms with Crippen molar-refractivity contribution in [3.05, 3.63) is 0 Å². The molecule has 0 aliphatic carbocycles. The molecular weight excluding hydrogens is 675 g/mol. The summed E-state index contributed by atoms with van der Waals surface area (Å²) in [4.78, 5) is 0. The van der Waals surface area contributed by atoms with Crippen molar-refractivity contribution in [3.63, 3.8) is 0 Å². The van der Waals surface area contributed by atoms with Gasteiger partial charge in [0.15, 0.2) is 0 Å². The van der Waals surface area contributed by atoms with Crippen LogP contribution in [-0.4, -0.2) is 113 Å². The van der Waals surface area contributed by atoms with Crippen LogP contribution >= 0.6 is 0 Å². The van der Waals surface area contributed by atoms with E-state index in [0.29, 0.717) is 11.0 Å². The second kappa shape index (κ2) is 11.6. The molecule has 0 aliphatic heterocycles. The summed E-state index contributed by atoms with van der Waals surface area (Å²) in [5.74, 6) is -51.5. The summed E-state index contributed by atoms with van der Waals surface area (Å²) in [5, 5.41) is -7.53. The maximum Gasteiger partial charge on any atom is 0.460 e. The topological polar surface area (TPSA) is 103 Å². The van der Waals surface area contributed by atoms with Crippen LogP contribution in [-0.2, 0) is 20.1 Å². The average molecular weight is 694 g/mol. The van der Waals surface area contributed by atoms with Crippen LogP contribution in [0.15, 0.2) is 0 Å². The highest BCUT2D eigenvalue weighted by Crippen LogP contribution is 2.64. The normalized spacial score (nSPS) is 15.9. The molecule has 0 saturated carbocycles. The molecule has 0 bridgehead atoms. The molecule has 0 aliphatic rings. The number of sulfonamides is 1. The summed E-state index contributed by atoms with van der Waals surface area (Å²) < 4.78 is 274. The Balaban J connectivity index is 0. The molecule has 0 atom stereocenters. The fourth-order valence-electron chi connectivity index (χ4n) is 2.17. The van der Waals surface area contributed by atoms with Crippen molar-refractivity contribution in [3.8, 4) is 0 Å². The molecule has 250 valence electrons. The summed E-state index contributed by atoms with van der Waals surface area (Å²) in [5.41, 5.74) is 0. The van der Waals surface area contributed by atoms with Gasteiger partial charge in [-0.05, 0) is 0 Å². The van der Waals surface area contributed by atoms with Gasteiger partial charge in [0.2, 0.25) is 0 Å². The molecule has 41 heavy (non-hydrogen) atoms. The predicted octanol–water partition coefficient (Wildman–Crippen LogP) is 4.13. The highest BCUT2D eigenvalue weighted by atomic mass is 32.2. The molecular formula is C15H19F17N2O5S2. The number of alkyl halides is 17. The molecule has 0 rings (SSSR count). The Kier molecular flexibility index (Phi) is 11.8. The fraction of sp³-hybridized carbons (Fsp3) is 1.00. The lowest BCUT2D eigenvalue weighted by Gasteiger charge is -2.42. The molecule has 0 spiro atoms. The van der Waals surface area contributed by atoms with E-state index in [-0.39, 0.29) is 11.0 Å². The summed E-state index contributed by atoms with van der Waals surface area (Å²) in [6, 6.07) is 0. The van der Waals surface area contributed by atoms with Crippen LogP contribution in [0.1, 0.15) is 6.42 Å². The maximum absolute atomic E-state index is 13.8. The summed E-state index contributed by atoms with van der Waals surface area (Å²) in [6.07, 6.45) is -7.77. The van der Waals surface area contributed by atoms with E-state index in [2.05, 4.69) is 0 Å². The van der Waals surface area contributed by atoms with E-state index < -0.39 is 80.1 Å². The van der Waals surface area contributed by atoms with Gasteiger partial charge in [-0.25, -0.2) is 21.6 Å². The second-order valence-corrected chi connectivity index (χ2v) is 12.1. The highest BCUT2D eigenvalue weighted by molar-refractivity contribution is 7.90. The smallest absolute Gasteiger partial charge is 0.460 e. The summed E-state index contributed by atoms with van der Waals surface area (Å²) >= 11 is 0. The molecule has 0 saturated heterocycles.